The van der Waals surface area contributed by atoms with Gasteiger partial charge in [0.05, 0.1) is 6.04 Å². The number of rotatable bonds is 8. The van der Waals surface area contributed by atoms with Gasteiger partial charge in [-0.05, 0) is 37.5 Å². The number of hydrogen-bond donors (Lipinski definition) is 3. The van der Waals surface area contributed by atoms with Crippen LogP contribution in [0.25, 0.3) is 0 Å². The number of benzene rings is 1. The van der Waals surface area contributed by atoms with Crippen molar-refractivity contribution in [1.29, 1.82) is 0 Å². The normalized spacial score (nSPS) is 16.3. The van der Waals surface area contributed by atoms with E-state index >= 15 is 0 Å². The third kappa shape index (κ3) is 5.56. The van der Waals surface area contributed by atoms with Crippen molar-refractivity contribution in [3.05, 3.63) is 29.8 Å². The zero-order chi connectivity index (χ0) is 16.8. The molecule has 2 unspecified atom stereocenters. The lowest BCUT2D eigenvalue weighted by molar-refractivity contribution is -0.125. The molecule has 4 N–H and O–H groups in total. The fourth-order valence-corrected chi connectivity index (χ4v) is 2.04. The van der Waals surface area contributed by atoms with Gasteiger partial charge in [0.25, 0.3) is 5.91 Å². The fourth-order valence-electron chi connectivity index (χ4n) is 2.04. The Labute approximate surface area is 136 Å². The van der Waals surface area contributed by atoms with Crippen LogP contribution in [-0.4, -0.2) is 31.0 Å². The summed E-state index contributed by atoms with van der Waals surface area (Å²) in [5.41, 5.74) is 6.46. The van der Waals surface area contributed by atoms with E-state index in [4.69, 9.17) is 10.5 Å². The molecule has 6 heteroatoms. The third-order valence-electron chi connectivity index (χ3n) is 3.85. The van der Waals surface area contributed by atoms with Gasteiger partial charge in [0.1, 0.15) is 5.75 Å². The summed E-state index contributed by atoms with van der Waals surface area (Å²) in [6, 6.07) is 7.60. The molecule has 0 saturated heterocycles. The van der Waals surface area contributed by atoms with Crippen LogP contribution in [0.5, 0.6) is 5.75 Å². The standard InChI is InChI=1S/C17H25N3O3/c1-11(9-18)17(22)19-12(2)13-3-7-15(8-4-13)23-10-16(21)20-14-5-6-14/h3-4,7-8,11-12,14H,5-6,9-10,18H2,1-2H3,(H,19,22)(H,20,21). The molecule has 1 saturated carbocycles. The SMILES string of the molecule is CC(CN)C(=O)NC(C)c1ccc(OCC(=O)NC2CC2)cc1. The van der Waals surface area contributed by atoms with Crippen LogP contribution in [0.1, 0.15) is 38.3 Å². The van der Waals surface area contributed by atoms with E-state index in [0.29, 0.717) is 18.3 Å². The average Bonchev–Trinajstić information content (AvgIpc) is 3.36. The number of carbonyl (C=O) groups is 2. The Balaban J connectivity index is 1.80. The first kappa shape index (κ1) is 17.3. The van der Waals surface area contributed by atoms with Gasteiger partial charge in [-0.3, -0.25) is 9.59 Å². The lowest BCUT2D eigenvalue weighted by atomic mass is 10.1. The highest BCUT2D eigenvalue weighted by Gasteiger charge is 2.23. The minimum Gasteiger partial charge on any atom is -0.484 e. The molecule has 0 heterocycles. The van der Waals surface area contributed by atoms with E-state index in [1.165, 1.54) is 0 Å². The summed E-state index contributed by atoms with van der Waals surface area (Å²) in [4.78, 5) is 23.4. The predicted molar refractivity (Wildman–Crippen MR) is 87.9 cm³/mol. The van der Waals surface area contributed by atoms with Gasteiger partial charge in [-0.2, -0.15) is 0 Å². The van der Waals surface area contributed by atoms with Crippen LogP contribution in [0.15, 0.2) is 24.3 Å². The molecular weight excluding hydrogens is 294 g/mol. The first-order valence-corrected chi connectivity index (χ1v) is 8.02. The Kier molecular flexibility index (Phi) is 5.98. The smallest absolute Gasteiger partial charge is 0.258 e. The molecule has 6 nitrogen and oxygen atoms in total. The van der Waals surface area contributed by atoms with Gasteiger partial charge in [-0.1, -0.05) is 19.1 Å². The third-order valence-corrected chi connectivity index (χ3v) is 3.85. The molecule has 0 aromatic heterocycles. The highest BCUT2D eigenvalue weighted by atomic mass is 16.5. The van der Waals surface area contributed by atoms with Gasteiger partial charge >= 0.3 is 0 Å². The van der Waals surface area contributed by atoms with Gasteiger partial charge in [0.2, 0.25) is 5.91 Å². The molecule has 2 atom stereocenters. The minimum absolute atomic E-state index is 0.0240. The Morgan fingerprint density at radius 2 is 1.91 bits per heavy atom. The Bertz CT molecular complexity index is 541. The van der Waals surface area contributed by atoms with Crippen LogP contribution in [0.2, 0.25) is 0 Å². The summed E-state index contributed by atoms with van der Waals surface area (Å²) in [6.07, 6.45) is 2.12. The zero-order valence-corrected chi connectivity index (χ0v) is 13.7. The van der Waals surface area contributed by atoms with Crippen molar-refractivity contribution in [3.8, 4) is 5.75 Å². The number of amides is 2. The molecule has 2 rings (SSSR count). The fraction of sp³-hybridized carbons (Fsp3) is 0.529. The zero-order valence-electron chi connectivity index (χ0n) is 13.7. The summed E-state index contributed by atoms with van der Waals surface area (Å²) < 4.78 is 5.45. The molecule has 23 heavy (non-hydrogen) atoms. The molecule has 0 radical (unpaired) electrons. The summed E-state index contributed by atoms with van der Waals surface area (Å²) >= 11 is 0. The van der Waals surface area contributed by atoms with Crippen molar-refractivity contribution in [3.63, 3.8) is 0 Å². The Morgan fingerprint density at radius 3 is 2.48 bits per heavy atom. The van der Waals surface area contributed by atoms with Crippen molar-refractivity contribution in [1.82, 2.24) is 10.6 Å². The number of ether oxygens (including phenoxy) is 1. The summed E-state index contributed by atoms with van der Waals surface area (Å²) in [6.45, 7) is 4.07. The van der Waals surface area contributed by atoms with E-state index in [9.17, 15) is 9.59 Å². The van der Waals surface area contributed by atoms with Crippen LogP contribution in [0.4, 0.5) is 0 Å². The van der Waals surface area contributed by atoms with Crippen molar-refractivity contribution < 1.29 is 14.3 Å². The largest absolute Gasteiger partial charge is 0.484 e. The van der Waals surface area contributed by atoms with E-state index in [2.05, 4.69) is 10.6 Å². The molecule has 1 aliphatic rings. The molecule has 0 spiro atoms. The van der Waals surface area contributed by atoms with Crippen LogP contribution < -0.4 is 21.1 Å². The maximum atomic E-state index is 11.8. The average molecular weight is 319 g/mol. The monoisotopic (exact) mass is 319 g/mol. The molecule has 0 bridgehead atoms. The predicted octanol–water partition coefficient (Wildman–Crippen LogP) is 1.12. The van der Waals surface area contributed by atoms with E-state index in [1.807, 2.05) is 19.1 Å². The summed E-state index contributed by atoms with van der Waals surface area (Å²) in [7, 11) is 0. The van der Waals surface area contributed by atoms with Crippen molar-refractivity contribution in [2.75, 3.05) is 13.2 Å². The first-order valence-electron chi connectivity index (χ1n) is 8.02. The molecule has 1 aliphatic carbocycles. The Morgan fingerprint density at radius 1 is 1.26 bits per heavy atom. The highest BCUT2D eigenvalue weighted by molar-refractivity contribution is 5.79. The molecule has 0 aliphatic heterocycles. The van der Waals surface area contributed by atoms with Gasteiger partial charge in [-0.25, -0.2) is 0 Å². The molecule has 126 valence electrons. The minimum atomic E-state index is -0.204. The maximum Gasteiger partial charge on any atom is 0.258 e. The number of hydrogen-bond acceptors (Lipinski definition) is 4. The number of nitrogens with one attached hydrogen (secondary N) is 2. The van der Waals surface area contributed by atoms with Gasteiger partial charge < -0.3 is 21.1 Å². The molecule has 1 aromatic carbocycles. The maximum absolute atomic E-state index is 11.8. The van der Waals surface area contributed by atoms with E-state index < -0.39 is 0 Å². The Hall–Kier alpha value is -2.08. The van der Waals surface area contributed by atoms with Crippen molar-refractivity contribution in [2.45, 2.75) is 38.8 Å². The van der Waals surface area contributed by atoms with Crippen LogP contribution >= 0.6 is 0 Å². The topological polar surface area (TPSA) is 93.5 Å². The number of carbonyl (C=O) groups excluding carboxylic acids is 2. The molecule has 1 fully saturated rings. The second-order valence-corrected chi connectivity index (χ2v) is 6.07. The van der Waals surface area contributed by atoms with Gasteiger partial charge in [0, 0.05) is 18.5 Å². The second kappa shape index (κ2) is 7.97. The van der Waals surface area contributed by atoms with Crippen molar-refractivity contribution in [2.24, 2.45) is 11.7 Å². The van der Waals surface area contributed by atoms with Crippen LogP contribution in [0, 0.1) is 5.92 Å². The molecular formula is C17H25N3O3. The van der Waals surface area contributed by atoms with Crippen molar-refractivity contribution >= 4 is 11.8 Å². The van der Waals surface area contributed by atoms with Gasteiger partial charge in [0.15, 0.2) is 6.61 Å². The first-order chi connectivity index (χ1) is 11.0. The quantitative estimate of drug-likeness (QED) is 0.669. The summed E-state index contributed by atoms with van der Waals surface area (Å²) in [5.74, 6) is 0.281. The van der Waals surface area contributed by atoms with Gasteiger partial charge in [-0.15, -0.1) is 0 Å². The van der Waals surface area contributed by atoms with E-state index in [0.717, 1.165) is 18.4 Å². The summed E-state index contributed by atoms with van der Waals surface area (Å²) in [5, 5.41) is 5.79. The second-order valence-electron chi connectivity index (χ2n) is 6.07. The highest BCUT2D eigenvalue weighted by Crippen LogP contribution is 2.19. The van der Waals surface area contributed by atoms with Crippen LogP contribution in [0.3, 0.4) is 0 Å². The van der Waals surface area contributed by atoms with E-state index in [1.54, 1.807) is 19.1 Å². The van der Waals surface area contributed by atoms with E-state index in [-0.39, 0.29) is 30.4 Å². The lowest BCUT2D eigenvalue weighted by Gasteiger charge is -2.17. The van der Waals surface area contributed by atoms with Crippen LogP contribution in [-0.2, 0) is 9.59 Å². The lowest BCUT2D eigenvalue weighted by Crippen LogP contribution is -2.34. The molecule has 2 amide bonds. The number of nitrogens with two attached hydrogens (primary N) is 1. The molecule has 1 aromatic rings.